The van der Waals surface area contributed by atoms with Crippen LogP contribution in [-0.4, -0.2) is 40.1 Å². The van der Waals surface area contributed by atoms with Crippen molar-refractivity contribution in [2.45, 2.75) is 52.6 Å². The Morgan fingerprint density at radius 1 is 1.48 bits per heavy atom. The van der Waals surface area contributed by atoms with Crippen molar-refractivity contribution >= 4 is 6.09 Å². The quantitative estimate of drug-likeness (QED) is 0.772. The molecule has 6 heteroatoms. The van der Waals surface area contributed by atoms with Crippen LogP contribution in [0.25, 0.3) is 0 Å². The predicted octanol–water partition coefficient (Wildman–Crippen LogP) is 1.70. The highest BCUT2D eigenvalue weighted by atomic mass is 16.4. The van der Waals surface area contributed by atoms with Crippen LogP contribution >= 0.6 is 0 Å². The Morgan fingerprint density at radius 3 is 2.76 bits per heavy atom. The van der Waals surface area contributed by atoms with Gasteiger partial charge in [-0.25, -0.2) is 4.79 Å². The summed E-state index contributed by atoms with van der Waals surface area (Å²) in [5, 5.41) is 19.2. The number of carboxylic acid groups (broad SMARTS) is 1. The summed E-state index contributed by atoms with van der Waals surface area (Å²) in [6.07, 6.45) is 2.54. The van der Waals surface area contributed by atoms with Crippen LogP contribution < -0.4 is 10.6 Å². The number of piperidine rings is 1. The summed E-state index contributed by atoms with van der Waals surface area (Å²) in [5.74, 6) is 0.732. The van der Waals surface area contributed by atoms with Gasteiger partial charge in [0.05, 0.1) is 12.2 Å². The molecule has 0 aromatic carbocycles. The average molecular weight is 294 g/mol. The van der Waals surface area contributed by atoms with Crippen LogP contribution in [0.1, 0.15) is 36.7 Å². The third-order valence-electron chi connectivity index (χ3n) is 4.30. The lowest BCUT2D eigenvalue weighted by Crippen LogP contribution is -2.35. The van der Waals surface area contributed by atoms with Gasteiger partial charge in [0, 0.05) is 11.7 Å². The second-order valence-electron chi connectivity index (χ2n) is 6.08. The van der Waals surface area contributed by atoms with E-state index in [2.05, 4.69) is 29.6 Å². The zero-order valence-electron chi connectivity index (χ0n) is 13.1. The lowest BCUT2D eigenvalue weighted by atomic mass is 9.90. The minimum atomic E-state index is -0.987. The molecule has 1 fully saturated rings. The van der Waals surface area contributed by atoms with Crippen molar-refractivity contribution in [2.75, 3.05) is 13.1 Å². The Morgan fingerprint density at radius 2 is 2.14 bits per heavy atom. The van der Waals surface area contributed by atoms with Gasteiger partial charge in [-0.3, -0.25) is 4.68 Å². The molecule has 0 bridgehead atoms. The maximum absolute atomic E-state index is 10.7. The minimum absolute atomic E-state index is 0.146. The molecule has 0 aliphatic carbocycles. The normalized spacial score (nSPS) is 17.7. The van der Waals surface area contributed by atoms with Crippen LogP contribution in [0.2, 0.25) is 0 Å². The number of amides is 1. The molecule has 1 aromatic rings. The topological polar surface area (TPSA) is 79.2 Å². The SMILES string of the molecule is Cc1nn(C[C@@H](C)NC(=O)O)c(C)c1CC1CCNCC1. The third-order valence-corrected chi connectivity index (χ3v) is 4.30. The standard InChI is InChI=1S/C15H26N4O2/c1-10(17-15(20)21)9-19-12(3)14(11(2)18-19)8-13-4-6-16-7-5-13/h10,13,16-17H,4-9H2,1-3H3,(H,20,21)/t10-/m1/s1. The van der Waals surface area contributed by atoms with Gasteiger partial charge >= 0.3 is 6.09 Å². The van der Waals surface area contributed by atoms with Gasteiger partial charge in [-0.05, 0) is 64.6 Å². The Kier molecular flexibility index (Phi) is 5.22. The summed E-state index contributed by atoms with van der Waals surface area (Å²) in [5.41, 5.74) is 3.59. The first-order valence-electron chi connectivity index (χ1n) is 7.70. The summed E-state index contributed by atoms with van der Waals surface area (Å²) >= 11 is 0. The largest absolute Gasteiger partial charge is 0.465 e. The van der Waals surface area contributed by atoms with E-state index in [0.717, 1.165) is 31.1 Å². The molecule has 0 spiro atoms. The molecule has 1 amide bonds. The Hall–Kier alpha value is -1.56. The van der Waals surface area contributed by atoms with Gasteiger partial charge in [0.25, 0.3) is 0 Å². The van der Waals surface area contributed by atoms with E-state index in [1.165, 1.54) is 24.1 Å². The highest BCUT2D eigenvalue weighted by Gasteiger charge is 2.19. The summed E-state index contributed by atoms with van der Waals surface area (Å²) < 4.78 is 1.94. The highest BCUT2D eigenvalue weighted by molar-refractivity contribution is 5.64. The van der Waals surface area contributed by atoms with Gasteiger partial charge < -0.3 is 15.7 Å². The molecular weight excluding hydrogens is 268 g/mol. The number of carbonyl (C=O) groups is 1. The van der Waals surface area contributed by atoms with E-state index in [-0.39, 0.29) is 6.04 Å². The molecular formula is C15H26N4O2. The van der Waals surface area contributed by atoms with E-state index in [9.17, 15) is 4.79 Å². The maximum atomic E-state index is 10.7. The average Bonchev–Trinajstić information content (AvgIpc) is 2.67. The van der Waals surface area contributed by atoms with E-state index in [4.69, 9.17) is 5.11 Å². The molecule has 0 unspecified atom stereocenters. The predicted molar refractivity (Wildman–Crippen MR) is 81.6 cm³/mol. The lowest BCUT2D eigenvalue weighted by Gasteiger charge is -2.22. The van der Waals surface area contributed by atoms with Gasteiger partial charge in [0.1, 0.15) is 0 Å². The maximum Gasteiger partial charge on any atom is 0.404 e. The van der Waals surface area contributed by atoms with E-state index >= 15 is 0 Å². The van der Waals surface area contributed by atoms with Crippen molar-refractivity contribution < 1.29 is 9.90 Å². The fourth-order valence-electron chi connectivity index (χ4n) is 3.10. The molecule has 0 radical (unpaired) electrons. The van der Waals surface area contributed by atoms with Crippen LogP contribution in [0.5, 0.6) is 0 Å². The third kappa shape index (κ3) is 4.20. The van der Waals surface area contributed by atoms with Gasteiger partial charge in [0.15, 0.2) is 0 Å². The second kappa shape index (κ2) is 6.93. The van der Waals surface area contributed by atoms with Gasteiger partial charge in [-0.2, -0.15) is 5.10 Å². The summed E-state index contributed by atoms with van der Waals surface area (Å²) in [6.45, 7) is 8.79. The van der Waals surface area contributed by atoms with Crippen molar-refractivity contribution in [3.8, 4) is 0 Å². The zero-order valence-corrected chi connectivity index (χ0v) is 13.1. The van der Waals surface area contributed by atoms with Crippen LogP contribution in [0.4, 0.5) is 4.79 Å². The highest BCUT2D eigenvalue weighted by Crippen LogP contribution is 2.22. The summed E-state index contributed by atoms with van der Waals surface area (Å²) in [7, 11) is 0. The number of nitrogens with one attached hydrogen (secondary N) is 2. The number of aromatic nitrogens is 2. The fraction of sp³-hybridized carbons (Fsp3) is 0.733. The zero-order chi connectivity index (χ0) is 15.4. The fourth-order valence-corrected chi connectivity index (χ4v) is 3.10. The van der Waals surface area contributed by atoms with Crippen molar-refractivity contribution in [1.29, 1.82) is 0 Å². The van der Waals surface area contributed by atoms with Crippen LogP contribution in [0.15, 0.2) is 0 Å². The molecule has 21 heavy (non-hydrogen) atoms. The summed E-state index contributed by atoms with van der Waals surface area (Å²) in [4.78, 5) is 10.7. The van der Waals surface area contributed by atoms with E-state index in [1.807, 2.05) is 11.6 Å². The molecule has 3 N–H and O–H groups in total. The molecule has 1 aromatic heterocycles. The molecule has 118 valence electrons. The number of aryl methyl sites for hydroxylation is 1. The molecule has 6 nitrogen and oxygen atoms in total. The first kappa shape index (κ1) is 15.8. The van der Waals surface area contributed by atoms with Gasteiger partial charge in [0.2, 0.25) is 0 Å². The van der Waals surface area contributed by atoms with Crippen LogP contribution in [0, 0.1) is 19.8 Å². The van der Waals surface area contributed by atoms with Crippen molar-refractivity contribution in [2.24, 2.45) is 5.92 Å². The Labute approximate surface area is 125 Å². The smallest absolute Gasteiger partial charge is 0.404 e. The number of nitrogens with zero attached hydrogens (tertiary/aromatic N) is 2. The van der Waals surface area contributed by atoms with Crippen molar-refractivity contribution in [3.63, 3.8) is 0 Å². The summed E-state index contributed by atoms with van der Waals surface area (Å²) in [6, 6.07) is -0.146. The molecule has 1 saturated heterocycles. The molecule has 2 rings (SSSR count). The number of hydrogen-bond donors (Lipinski definition) is 3. The Bertz CT molecular complexity index is 492. The van der Waals surface area contributed by atoms with Crippen molar-refractivity contribution in [1.82, 2.24) is 20.4 Å². The van der Waals surface area contributed by atoms with E-state index < -0.39 is 6.09 Å². The van der Waals surface area contributed by atoms with Crippen LogP contribution in [-0.2, 0) is 13.0 Å². The van der Waals surface area contributed by atoms with Crippen LogP contribution in [0.3, 0.4) is 0 Å². The Balaban J connectivity index is 2.04. The van der Waals surface area contributed by atoms with Crippen molar-refractivity contribution in [3.05, 3.63) is 17.0 Å². The lowest BCUT2D eigenvalue weighted by molar-refractivity contribution is 0.189. The van der Waals surface area contributed by atoms with Gasteiger partial charge in [-0.15, -0.1) is 0 Å². The number of rotatable bonds is 5. The second-order valence-corrected chi connectivity index (χ2v) is 6.08. The first-order chi connectivity index (χ1) is 9.97. The minimum Gasteiger partial charge on any atom is -0.465 e. The van der Waals surface area contributed by atoms with Gasteiger partial charge in [-0.1, -0.05) is 0 Å². The molecule has 0 saturated carbocycles. The number of hydrogen-bond acceptors (Lipinski definition) is 3. The molecule has 1 aliphatic heterocycles. The monoisotopic (exact) mass is 294 g/mol. The molecule has 1 atom stereocenters. The molecule has 1 aliphatic rings. The van der Waals surface area contributed by atoms with E-state index in [0.29, 0.717) is 6.54 Å². The molecule has 2 heterocycles. The first-order valence-corrected chi connectivity index (χ1v) is 7.70. The van der Waals surface area contributed by atoms with E-state index in [1.54, 1.807) is 0 Å².